The van der Waals surface area contributed by atoms with Gasteiger partial charge in [-0.25, -0.2) is 19.5 Å². The van der Waals surface area contributed by atoms with E-state index >= 15 is 0 Å². The molecule has 0 bridgehead atoms. The number of aromatic nitrogens is 3. The summed E-state index contributed by atoms with van der Waals surface area (Å²) in [6, 6.07) is 13.0. The van der Waals surface area contributed by atoms with Crippen molar-refractivity contribution >= 4 is 0 Å². The van der Waals surface area contributed by atoms with Crippen LogP contribution in [0.15, 0.2) is 48.7 Å². The third-order valence-electron chi connectivity index (χ3n) is 5.09. The lowest BCUT2D eigenvalue weighted by atomic mass is 9.95. The number of pyridine rings is 1. The largest absolute Gasteiger partial charge is 0.312 e. The molecule has 0 saturated carbocycles. The van der Waals surface area contributed by atoms with Crippen molar-refractivity contribution in [3.8, 4) is 5.82 Å². The first-order valence-corrected chi connectivity index (χ1v) is 9.53. The maximum Gasteiger partial charge on any atom is 0.153 e. The first-order valence-electron chi connectivity index (χ1n) is 9.53. The molecule has 2 atom stereocenters. The Bertz CT molecular complexity index is 919. The number of hydrogen-bond donors (Lipinski definition) is 3. The van der Waals surface area contributed by atoms with Crippen molar-refractivity contribution < 1.29 is 4.39 Å². The molecule has 0 aliphatic carbocycles. The van der Waals surface area contributed by atoms with E-state index in [4.69, 9.17) is 0 Å². The lowest BCUT2D eigenvalue weighted by Gasteiger charge is -2.19. The molecule has 0 radical (unpaired) electrons. The number of halogens is 1. The third-order valence-corrected chi connectivity index (χ3v) is 5.09. The van der Waals surface area contributed by atoms with Gasteiger partial charge in [-0.2, -0.15) is 5.10 Å². The normalized spacial score (nSPS) is 19.2. The number of aryl methyl sites for hydroxylation is 2. The summed E-state index contributed by atoms with van der Waals surface area (Å²) in [5.74, 6) is 1.00. The van der Waals surface area contributed by atoms with Gasteiger partial charge in [0.25, 0.3) is 0 Å². The molecule has 1 saturated heterocycles. The van der Waals surface area contributed by atoms with Crippen molar-refractivity contribution in [2.45, 2.75) is 26.4 Å². The standard InChI is InChI=1S/C21H25FN6/c1-14-9-15(2)28(27-14)20-8-3-16(11-24-20)10-23-12-18-13-25-26-21(18)17-4-6-19(22)7-5-17/h3-9,11,18,21,23,25-26H,10,12-13H2,1-2H3. The van der Waals surface area contributed by atoms with E-state index in [1.165, 1.54) is 12.1 Å². The Morgan fingerprint density at radius 2 is 2.00 bits per heavy atom. The Labute approximate surface area is 164 Å². The second-order valence-corrected chi connectivity index (χ2v) is 7.31. The zero-order valence-electron chi connectivity index (χ0n) is 16.1. The van der Waals surface area contributed by atoms with Gasteiger partial charge in [0.05, 0.1) is 11.7 Å². The van der Waals surface area contributed by atoms with Crippen LogP contribution in [-0.2, 0) is 6.54 Å². The van der Waals surface area contributed by atoms with E-state index in [1.54, 1.807) is 0 Å². The van der Waals surface area contributed by atoms with Crippen LogP contribution in [0.25, 0.3) is 5.82 Å². The van der Waals surface area contributed by atoms with Gasteiger partial charge in [-0.3, -0.25) is 5.43 Å². The van der Waals surface area contributed by atoms with E-state index in [0.29, 0.717) is 5.92 Å². The summed E-state index contributed by atoms with van der Waals surface area (Å²) in [4.78, 5) is 4.54. The Hall–Kier alpha value is -2.61. The van der Waals surface area contributed by atoms with Crippen LogP contribution in [0.2, 0.25) is 0 Å². The van der Waals surface area contributed by atoms with E-state index in [2.05, 4.69) is 32.3 Å². The molecule has 146 valence electrons. The van der Waals surface area contributed by atoms with Crippen LogP contribution in [0.3, 0.4) is 0 Å². The highest BCUT2D eigenvalue weighted by Crippen LogP contribution is 2.24. The monoisotopic (exact) mass is 380 g/mol. The number of nitrogens with zero attached hydrogens (tertiary/aromatic N) is 3. The van der Waals surface area contributed by atoms with E-state index in [1.807, 2.05) is 49.0 Å². The fraction of sp³-hybridized carbons (Fsp3) is 0.333. The van der Waals surface area contributed by atoms with E-state index in [-0.39, 0.29) is 11.9 Å². The van der Waals surface area contributed by atoms with E-state index in [9.17, 15) is 4.39 Å². The van der Waals surface area contributed by atoms with Crippen LogP contribution in [-0.4, -0.2) is 27.9 Å². The third kappa shape index (κ3) is 4.11. The Balaban J connectivity index is 1.33. The minimum absolute atomic E-state index is 0.166. The van der Waals surface area contributed by atoms with Gasteiger partial charge in [-0.15, -0.1) is 0 Å². The van der Waals surface area contributed by atoms with Crippen LogP contribution in [0, 0.1) is 25.6 Å². The maximum absolute atomic E-state index is 13.2. The average molecular weight is 380 g/mol. The van der Waals surface area contributed by atoms with Crippen molar-refractivity contribution in [1.82, 2.24) is 30.9 Å². The second-order valence-electron chi connectivity index (χ2n) is 7.31. The van der Waals surface area contributed by atoms with Crippen molar-refractivity contribution in [2.24, 2.45) is 5.92 Å². The van der Waals surface area contributed by atoms with Gasteiger partial charge in [-0.1, -0.05) is 18.2 Å². The molecule has 0 spiro atoms. The zero-order chi connectivity index (χ0) is 19.5. The summed E-state index contributed by atoms with van der Waals surface area (Å²) < 4.78 is 15.0. The second kappa shape index (κ2) is 8.18. The highest BCUT2D eigenvalue weighted by Gasteiger charge is 2.27. The Morgan fingerprint density at radius 3 is 2.68 bits per heavy atom. The molecule has 2 aromatic heterocycles. The number of hydrogen-bond acceptors (Lipinski definition) is 5. The molecule has 1 aromatic carbocycles. The Kier molecular flexibility index (Phi) is 5.47. The molecule has 1 aliphatic rings. The molecule has 28 heavy (non-hydrogen) atoms. The topological polar surface area (TPSA) is 66.8 Å². The smallest absolute Gasteiger partial charge is 0.153 e. The van der Waals surface area contributed by atoms with Crippen LogP contribution in [0.1, 0.15) is 28.6 Å². The molecular weight excluding hydrogens is 355 g/mol. The zero-order valence-corrected chi connectivity index (χ0v) is 16.1. The number of nitrogens with one attached hydrogen (secondary N) is 3. The Morgan fingerprint density at radius 1 is 1.18 bits per heavy atom. The minimum atomic E-state index is -0.208. The fourth-order valence-corrected chi connectivity index (χ4v) is 3.66. The molecule has 6 nitrogen and oxygen atoms in total. The van der Waals surface area contributed by atoms with Gasteiger partial charge >= 0.3 is 0 Å². The molecule has 3 N–H and O–H groups in total. The van der Waals surface area contributed by atoms with Gasteiger partial charge < -0.3 is 5.32 Å². The molecular formula is C21H25FN6. The van der Waals surface area contributed by atoms with Crippen molar-refractivity contribution in [3.63, 3.8) is 0 Å². The van der Waals surface area contributed by atoms with Crippen LogP contribution in [0.5, 0.6) is 0 Å². The van der Waals surface area contributed by atoms with Crippen molar-refractivity contribution in [3.05, 3.63) is 77.0 Å². The molecule has 7 heteroatoms. The van der Waals surface area contributed by atoms with Crippen molar-refractivity contribution in [1.29, 1.82) is 0 Å². The predicted molar refractivity (Wildman–Crippen MR) is 106 cm³/mol. The summed E-state index contributed by atoms with van der Waals surface area (Å²) >= 11 is 0. The lowest BCUT2D eigenvalue weighted by molar-refractivity contribution is 0.441. The summed E-state index contributed by atoms with van der Waals surface area (Å²) in [5.41, 5.74) is 10.8. The molecule has 1 aliphatic heterocycles. The molecule has 4 rings (SSSR count). The highest BCUT2D eigenvalue weighted by atomic mass is 19.1. The molecule has 1 fully saturated rings. The first kappa shape index (κ1) is 18.7. The fourth-order valence-electron chi connectivity index (χ4n) is 3.66. The molecule has 3 heterocycles. The highest BCUT2D eigenvalue weighted by molar-refractivity contribution is 5.28. The quantitative estimate of drug-likeness (QED) is 0.613. The van der Waals surface area contributed by atoms with Gasteiger partial charge in [0.1, 0.15) is 5.82 Å². The summed E-state index contributed by atoms with van der Waals surface area (Å²) in [7, 11) is 0. The van der Waals surface area contributed by atoms with Crippen molar-refractivity contribution in [2.75, 3.05) is 13.1 Å². The average Bonchev–Trinajstić information content (AvgIpc) is 3.29. The predicted octanol–water partition coefficient (Wildman–Crippen LogP) is 2.58. The number of benzene rings is 1. The first-order chi connectivity index (χ1) is 13.6. The van der Waals surface area contributed by atoms with Crippen LogP contribution >= 0.6 is 0 Å². The maximum atomic E-state index is 13.2. The van der Waals surface area contributed by atoms with E-state index < -0.39 is 0 Å². The summed E-state index contributed by atoms with van der Waals surface area (Å²) in [5, 5.41) is 7.98. The summed E-state index contributed by atoms with van der Waals surface area (Å²) in [6.07, 6.45) is 1.89. The van der Waals surface area contributed by atoms with Gasteiger partial charge in [-0.05, 0) is 49.2 Å². The summed E-state index contributed by atoms with van der Waals surface area (Å²) in [6.45, 7) is 6.47. The molecule has 0 amide bonds. The SMILES string of the molecule is Cc1cc(C)n(-c2ccc(CNCC3CNNC3c3ccc(F)cc3)cn2)n1. The molecule has 2 unspecified atom stereocenters. The van der Waals surface area contributed by atoms with Gasteiger partial charge in [0, 0.05) is 37.4 Å². The number of hydrazine groups is 1. The van der Waals surface area contributed by atoms with Gasteiger partial charge in [0.2, 0.25) is 0 Å². The lowest BCUT2D eigenvalue weighted by Crippen LogP contribution is -2.28. The van der Waals surface area contributed by atoms with Gasteiger partial charge in [0.15, 0.2) is 5.82 Å². The molecule has 3 aromatic rings. The van der Waals surface area contributed by atoms with Crippen LogP contribution < -0.4 is 16.2 Å². The van der Waals surface area contributed by atoms with Crippen LogP contribution in [0.4, 0.5) is 4.39 Å². The minimum Gasteiger partial charge on any atom is -0.312 e. The number of rotatable bonds is 6. The van der Waals surface area contributed by atoms with E-state index in [0.717, 1.165) is 48.0 Å².